The third-order valence-corrected chi connectivity index (χ3v) is 5.04. The van der Waals surface area contributed by atoms with Crippen molar-refractivity contribution in [2.24, 2.45) is 0 Å². The summed E-state index contributed by atoms with van der Waals surface area (Å²) in [7, 11) is 0. The predicted octanol–water partition coefficient (Wildman–Crippen LogP) is 4.18. The molecule has 4 aromatic rings. The van der Waals surface area contributed by atoms with Gasteiger partial charge in [-0.15, -0.1) is 11.3 Å². The molecule has 0 saturated heterocycles. The van der Waals surface area contributed by atoms with Crippen LogP contribution in [0.2, 0.25) is 0 Å². The van der Waals surface area contributed by atoms with Crippen molar-refractivity contribution in [1.82, 2.24) is 9.55 Å². The lowest BCUT2D eigenvalue weighted by Crippen LogP contribution is -2.21. The van der Waals surface area contributed by atoms with Crippen LogP contribution in [0.15, 0.2) is 60.1 Å². The monoisotopic (exact) mass is 393 g/mol. The average Bonchev–Trinajstić information content (AvgIpc) is 3.28. The van der Waals surface area contributed by atoms with Crippen molar-refractivity contribution in [3.63, 3.8) is 0 Å². The van der Waals surface area contributed by atoms with Crippen LogP contribution in [0.3, 0.4) is 0 Å². The van der Waals surface area contributed by atoms with E-state index in [2.05, 4.69) is 10.3 Å². The Morgan fingerprint density at radius 2 is 2.04 bits per heavy atom. The molecule has 1 amide bonds. The minimum absolute atomic E-state index is 0.120. The summed E-state index contributed by atoms with van der Waals surface area (Å²) in [5.74, 6) is 0.284. The van der Waals surface area contributed by atoms with Gasteiger partial charge in [-0.3, -0.25) is 14.7 Å². The number of fused-ring (bicyclic) bond motifs is 1. The third-order valence-electron chi connectivity index (χ3n) is 4.35. The van der Waals surface area contributed by atoms with Gasteiger partial charge < -0.3 is 9.84 Å². The first-order valence-corrected chi connectivity index (χ1v) is 9.67. The zero-order valence-corrected chi connectivity index (χ0v) is 16.1. The van der Waals surface area contributed by atoms with Gasteiger partial charge in [-0.2, -0.15) is 0 Å². The van der Waals surface area contributed by atoms with Gasteiger partial charge in [0.15, 0.2) is 11.7 Å². The molecule has 0 unspecified atom stereocenters. The highest BCUT2D eigenvalue weighted by molar-refractivity contribution is 7.13. The van der Waals surface area contributed by atoms with Crippen LogP contribution in [0.5, 0.6) is 11.8 Å². The summed E-state index contributed by atoms with van der Waals surface area (Å²) in [5.41, 5.74) is 2.06. The SMILES string of the molecule is Cc1ccc2c(O)n(Cc3ccccc3)c(OCC(=O)Nc3nccs3)c2c1. The first-order valence-electron chi connectivity index (χ1n) is 8.79. The van der Waals surface area contributed by atoms with E-state index in [0.717, 1.165) is 16.5 Å². The second kappa shape index (κ2) is 7.74. The molecule has 2 aromatic carbocycles. The molecule has 0 atom stereocenters. The molecule has 2 heterocycles. The number of rotatable bonds is 6. The van der Waals surface area contributed by atoms with Gasteiger partial charge in [-0.05, 0) is 24.6 Å². The molecule has 0 aliphatic rings. The second-order valence-electron chi connectivity index (χ2n) is 6.42. The Morgan fingerprint density at radius 3 is 2.79 bits per heavy atom. The fourth-order valence-corrected chi connectivity index (χ4v) is 3.60. The molecule has 2 N–H and O–H groups in total. The van der Waals surface area contributed by atoms with E-state index in [1.165, 1.54) is 11.3 Å². The maximum atomic E-state index is 12.2. The smallest absolute Gasteiger partial charge is 0.264 e. The average molecular weight is 393 g/mol. The quantitative estimate of drug-likeness (QED) is 0.515. The summed E-state index contributed by atoms with van der Waals surface area (Å²) < 4.78 is 7.57. The largest absolute Gasteiger partial charge is 0.494 e. The first kappa shape index (κ1) is 18.1. The van der Waals surface area contributed by atoms with E-state index in [4.69, 9.17) is 4.74 Å². The summed E-state index contributed by atoms with van der Waals surface area (Å²) in [6.45, 7) is 2.23. The van der Waals surface area contributed by atoms with Gasteiger partial charge in [0.05, 0.1) is 6.54 Å². The van der Waals surface area contributed by atoms with Gasteiger partial charge in [0.1, 0.15) is 0 Å². The Labute approximate surface area is 166 Å². The highest BCUT2D eigenvalue weighted by atomic mass is 32.1. The van der Waals surface area contributed by atoms with Crippen molar-refractivity contribution in [1.29, 1.82) is 0 Å². The zero-order valence-electron chi connectivity index (χ0n) is 15.3. The second-order valence-corrected chi connectivity index (χ2v) is 7.32. The number of anilines is 1. The summed E-state index contributed by atoms with van der Waals surface area (Å²) in [5, 5.41) is 17.2. The van der Waals surface area contributed by atoms with Crippen LogP contribution < -0.4 is 10.1 Å². The van der Waals surface area contributed by atoms with Gasteiger partial charge in [-0.1, -0.05) is 42.0 Å². The Balaban J connectivity index is 1.65. The van der Waals surface area contributed by atoms with E-state index in [9.17, 15) is 9.90 Å². The van der Waals surface area contributed by atoms with Gasteiger partial charge in [0.25, 0.3) is 5.91 Å². The number of carbonyl (C=O) groups is 1. The van der Waals surface area contributed by atoms with Crippen LogP contribution in [0.4, 0.5) is 5.13 Å². The number of thiazole rings is 1. The van der Waals surface area contributed by atoms with Crippen LogP contribution in [-0.2, 0) is 11.3 Å². The lowest BCUT2D eigenvalue weighted by molar-refractivity contribution is -0.118. The van der Waals surface area contributed by atoms with E-state index < -0.39 is 0 Å². The number of amides is 1. The van der Waals surface area contributed by atoms with Crippen molar-refractivity contribution in [2.45, 2.75) is 13.5 Å². The molecule has 142 valence electrons. The van der Waals surface area contributed by atoms with Gasteiger partial charge in [-0.25, -0.2) is 4.98 Å². The molecular formula is C21H19N3O3S. The highest BCUT2D eigenvalue weighted by Gasteiger charge is 2.19. The van der Waals surface area contributed by atoms with Crippen molar-refractivity contribution in [3.05, 3.63) is 71.2 Å². The number of aromatic nitrogens is 2. The molecule has 2 aromatic heterocycles. The number of hydrogen-bond donors (Lipinski definition) is 2. The van der Waals surface area contributed by atoms with Crippen molar-refractivity contribution in [2.75, 3.05) is 11.9 Å². The van der Waals surface area contributed by atoms with Gasteiger partial charge in [0.2, 0.25) is 11.8 Å². The van der Waals surface area contributed by atoms with E-state index in [-0.39, 0.29) is 18.4 Å². The summed E-state index contributed by atoms with van der Waals surface area (Å²) in [4.78, 5) is 16.3. The minimum Gasteiger partial charge on any atom is -0.494 e. The minimum atomic E-state index is -0.303. The Bertz CT molecular complexity index is 1110. The van der Waals surface area contributed by atoms with Crippen molar-refractivity contribution in [3.8, 4) is 11.8 Å². The first-order chi connectivity index (χ1) is 13.6. The number of aryl methyl sites for hydroxylation is 1. The molecule has 0 aliphatic heterocycles. The lowest BCUT2D eigenvalue weighted by atomic mass is 10.1. The fraction of sp³-hybridized carbons (Fsp3) is 0.143. The number of nitrogens with zero attached hydrogens (tertiary/aromatic N) is 2. The van der Waals surface area contributed by atoms with Crippen LogP contribution in [0, 0.1) is 6.92 Å². The van der Waals surface area contributed by atoms with Crippen LogP contribution >= 0.6 is 11.3 Å². The van der Waals surface area contributed by atoms with Crippen LogP contribution in [-0.4, -0.2) is 27.2 Å². The zero-order chi connectivity index (χ0) is 19.5. The maximum Gasteiger partial charge on any atom is 0.264 e. The number of nitrogens with one attached hydrogen (secondary N) is 1. The van der Waals surface area contributed by atoms with Gasteiger partial charge in [0, 0.05) is 22.3 Å². The molecule has 0 spiro atoms. The molecular weight excluding hydrogens is 374 g/mol. The molecule has 28 heavy (non-hydrogen) atoms. The van der Waals surface area contributed by atoms with E-state index in [1.54, 1.807) is 16.1 Å². The predicted molar refractivity (Wildman–Crippen MR) is 110 cm³/mol. The maximum absolute atomic E-state index is 12.2. The van der Waals surface area contributed by atoms with Crippen LogP contribution in [0.25, 0.3) is 10.8 Å². The Hall–Kier alpha value is -3.32. The number of benzene rings is 2. The number of hydrogen-bond acceptors (Lipinski definition) is 5. The summed E-state index contributed by atoms with van der Waals surface area (Å²) in [6, 6.07) is 15.5. The number of aromatic hydroxyl groups is 1. The molecule has 0 aliphatic carbocycles. The molecule has 4 rings (SSSR count). The number of ether oxygens (including phenoxy) is 1. The van der Waals surface area contributed by atoms with Crippen molar-refractivity contribution >= 4 is 33.1 Å². The highest BCUT2D eigenvalue weighted by Crippen LogP contribution is 2.38. The standard InChI is InChI=1S/C21H19N3O3S/c1-14-7-8-16-17(11-14)20(27-13-18(25)23-21-22-9-10-28-21)24(19(16)26)12-15-5-3-2-4-6-15/h2-11,26H,12-13H2,1H3,(H,22,23,25). The molecule has 0 fully saturated rings. The topological polar surface area (TPSA) is 76.4 Å². The molecule has 0 bridgehead atoms. The van der Waals surface area contributed by atoms with Crippen molar-refractivity contribution < 1.29 is 14.6 Å². The summed E-state index contributed by atoms with van der Waals surface area (Å²) >= 11 is 1.34. The van der Waals surface area contributed by atoms with Crippen LogP contribution in [0.1, 0.15) is 11.1 Å². The molecule has 7 heteroatoms. The third kappa shape index (κ3) is 3.70. The molecule has 6 nitrogen and oxygen atoms in total. The van der Waals surface area contributed by atoms with E-state index in [1.807, 2.05) is 55.5 Å². The Kier molecular flexibility index (Phi) is 4.99. The fourth-order valence-electron chi connectivity index (χ4n) is 3.06. The molecule has 0 saturated carbocycles. The van der Waals surface area contributed by atoms with E-state index >= 15 is 0 Å². The summed E-state index contributed by atoms with van der Waals surface area (Å²) in [6.07, 6.45) is 1.63. The van der Waals surface area contributed by atoms with Gasteiger partial charge >= 0.3 is 0 Å². The molecule has 0 radical (unpaired) electrons. The van der Waals surface area contributed by atoms with E-state index in [0.29, 0.717) is 22.9 Å². The number of carbonyl (C=O) groups excluding carboxylic acids is 1. The lowest BCUT2D eigenvalue weighted by Gasteiger charge is -2.12. The Morgan fingerprint density at radius 1 is 1.21 bits per heavy atom. The normalized spacial score (nSPS) is 10.9.